The lowest BCUT2D eigenvalue weighted by atomic mass is 9.75. The fourth-order valence-corrected chi connectivity index (χ4v) is 3.07. The Morgan fingerprint density at radius 2 is 1.52 bits per heavy atom. The largest absolute Gasteiger partial charge is 0.517 e. The molecule has 0 aliphatic rings. The SMILES string of the molecule is O=NB(O)c1ccc2c(c1)c1ccccc1n2-c1ccccc1. The van der Waals surface area contributed by atoms with Crippen LogP contribution in [-0.4, -0.2) is 16.6 Å². The summed E-state index contributed by atoms with van der Waals surface area (Å²) in [6.07, 6.45) is 0. The lowest BCUT2D eigenvalue weighted by Crippen LogP contribution is -2.27. The van der Waals surface area contributed by atoms with Gasteiger partial charge < -0.3 is 9.59 Å². The second kappa shape index (κ2) is 5.37. The molecule has 0 saturated heterocycles. The van der Waals surface area contributed by atoms with Crippen LogP contribution < -0.4 is 5.46 Å². The summed E-state index contributed by atoms with van der Waals surface area (Å²) in [5.41, 5.74) is 3.68. The normalized spacial score (nSPS) is 11.0. The van der Waals surface area contributed by atoms with Gasteiger partial charge in [-0.15, -0.1) is 0 Å². The summed E-state index contributed by atoms with van der Waals surface area (Å²) in [7, 11) is -1.33. The number of nitrogens with zero attached hydrogens (tertiary/aromatic N) is 2. The van der Waals surface area contributed by atoms with E-state index < -0.39 is 7.05 Å². The van der Waals surface area contributed by atoms with Crippen molar-refractivity contribution in [1.29, 1.82) is 0 Å². The van der Waals surface area contributed by atoms with Crippen molar-refractivity contribution < 1.29 is 5.02 Å². The van der Waals surface area contributed by atoms with Crippen LogP contribution in [0.15, 0.2) is 77.9 Å². The van der Waals surface area contributed by atoms with E-state index in [4.69, 9.17) is 0 Å². The highest BCUT2D eigenvalue weighted by atomic mass is 16.3. The van der Waals surface area contributed by atoms with Gasteiger partial charge in [0, 0.05) is 16.5 Å². The average molecular weight is 300 g/mol. The smallest absolute Gasteiger partial charge is 0.425 e. The van der Waals surface area contributed by atoms with Crippen LogP contribution in [0.5, 0.6) is 0 Å². The Balaban J connectivity index is 2.11. The molecule has 4 aromatic rings. The van der Waals surface area contributed by atoms with Gasteiger partial charge in [0.05, 0.1) is 11.0 Å². The molecular weight excluding hydrogens is 287 g/mol. The number of hydrogen-bond donors (Lipinski definition) is 1. The fourth-order valence-electron chi connectivity index (χ4n) is 3.07. The lowest BCUT2D eigenvalue weighted by molar-refractivity contribution is 0.587. The number of nitroso groups, excluding NO2 is 1. The topological polar surface area (TPSA) is 54.6 Å². The number of aromatic nitrogens is 1. The number of para-hydroxylation sites is 2. The maximum absolute atomic E-state index is 10.6. The van der Waals surface area contributed by atoms with Gasteiger partial charge in [0.1, 0.15) is 0 Å². The Bertz CT molecular complexity index is 1010. The Kier molecular flexibility index (Phi) is 3.21. The predicted octanol–water partition coefficient (Wildman–Crippen LogP) is 3.24. The van der Waals surface area contributed by atoms with Gasteiger partial charge in [-0.25, -0.2) is 0 Å². The summed E-state index contributed by atoms with van der Waals surface area (Å²) in [6.45, 7) is 0. The summed E-state index contributed by atoms with van der Waals surface area (Å²) in [5.74, 6) is 0. The Morgan fingerprint density at radius 3 is 2.30 bits per heavy atom. The van der Waals surface area contributed by atoms with Crippen molar-refractivity contribution >= 4 is 34.3 Å². The molecule has 0 saturated carbocycles. The van der Waals surface area contributed by atoms with Crippen LogP contribution in [0.2, 0.25) is 0 Å². The van der Waals surface area contributed by atoms with E-state index in [0.29, 0.717) is 5.46 Å². The molecule has 0 aliphatic carbocycles. The summed E-state index contributed by atoms with van der Waals surface area (Å²) in [4.78, 5) is 10.6. The summed E-state index contributed by atoms with van der Waals surface area (Å²) < 4.78 is 2.18. The minimum atomic E-state index is -1.33. The molecule has 0 spiro atoms. The summed E-state index contributed by atoms with van der Waals surface area (Å²) >= 11 is 0. The van der Waals surface area contributed by atoms with Crippen molar-refractivity contribution in [3.63, 3.8) is 0 Å². The van der Waals surface area contributed by atoms with Gasteiger partial charge in [-0.05, 0) is 29.7 Å². The first-order chi connectivity index (χ1) is 11.3. The third kappa shape index (κ3) is 2.13. The van der Waals surface area contributed by atoms with E-state index in [9.17, 15) is 9.93 Å². The standard InChI is InChI=1S/C18H13BN2O2/c22-19(20-23)13-10-11-18-16(12-13)15-8-4-5-9-17(15)21(18)14-6-2-1-3-7-14/h1-12,22H. The van der Waals surface area contributed by atoms with E-state index in [2.05, 4.69) is 27.9 Å². The zero-order valence-corrected chi connectivity index (χ0v) is 12.3. The highest BCUT2D eigenvalue weighted by Gasteiger charge is 2.18. The minimum Gasteiger partial charge on any atom is -0.425 e. The molecule has 23 heavy (non-hydrogen) atoms. The average Bonchev–Trinajstić information content (AvgIpc) is 2.95. The molecule has 0 unspecified atom stereocenters. The van der Waals surface area contributed by atoms with E-state index >= 15 is 0 Å². The molecule has 4 nitrogen and oxygen atoms in total. The van der Waals surface area contributed by atoms with Crippen LogP contribution in [0.25, 0.3) is 27.5 Å². The second-order valence-corrected chi connectivity index (χ2v) is 5.44. The van der Waals surface area contributed by atoms with Gasteiger partial charge >= 0.3 is 7.05 Å². The van der Waals surface area contributed by atoms with Gasteiger partial charge in [-0.3, -0.25) is 0 Å². The van der Waals surface area contributed by atoms with Crippen LogP contribution in [0.1, 0.15) is 0 Å². The van der Waals surface area contributed by atoms with Crippen LogP contribution in [-0.2, 0) is 0 Å². The minimum absolute atomic E-state index is 0.503. The molecule has 0 aliphatic heterocycles. The second-order valence-electron chi connectivity index (χ2n) is 5.44. The third-order valence-corrected chi connectivity index (χ3v) is 4.11. The maximum atomic E-state index is 10.6. The first-order valence-electron chi connectivity index (χ1n) is 7.38. The van der Waals surface area contributed by atoms with Crippen molar-refractivity contribution in [3.8, 4) is 5.69 Å². The molecule has 3 aromatic carbocycles. The van der Waals surface area contributed by atoms with Crippen LogP contribution in [0.3, 0.4) is 0 Å². The molecule has 0 radical (unpaired) electrons. The van der Waals surface area contributed by atoms with E-state index in [1.165, 1.54) is 0 Å². The summed E-state index contributed by atoms with van der Waals surface area (Å²) in [6, 6.07) is 23.7. The van der Waals surface area contributed by atoms with Crippen molar-refractivity contribution in [2.24, 2.45) is 5.09 Å². The van der Waals surface area contributed by atoms with E-state index in [-0.39, 0.29) is 0 Å². The van der Waals surface area contributed by atoms with Crippen molar-refractivity contribution in [3.05, 3.63) is 77.7 Å². The zero-order chi connectivity index (χ0) is 15.8. The highest BCUT2D eigenvalue weighted by molar-refractivity contribution is 6.64. The van der Waals surface area contributed by atoms with Crippen LogP contribution in [0.4, 0.5) is 0 Å². The Morgan fingerprint density at radius 1 is 0.826 bits per heavy atom. The highest BCUT2D eigenvalue weighted by Crippen LogP contribution is 2.31. The molecule has 0 bridgehead atoms. The van der Waals surface area contributed by atoms with Crippen LogP contribution in [0, 0.1) is 4.91 Å². The molecule has 1 aromatic heterocycles. The maximum Gasteiger partial charge on any atom is 0.517 e. The molecule has 0 fully saturated rings. The molecule has 1 N–H and O–H groups in total. The van der Waals surface area contributed by atoms with Gasteiger partial charge in [0.2, 0.25) is 0 Å². The monoisotopic (exact) mass is 300 g/mol. The molecule has 5 heteroatoms. The Labute approximate surface area is 133 Å². The first-order valence-corrected chi connectivity index (χ1v) is 7.38. The van der Waals surface area contributed by atoms with E-state index in [0.717, 1.165) is 27.5 Å². The van der Waals surface area contributed by atoms with Crippen molar-refractivity contribution in [2.75, 3.05) is 0 Å². The zero-order valence-electron chi connectivity index (χ0n) is 12.3. The molecule has 1 heterocycles. The van der Waals surface area contributed by atoms with Gasteiger partial charge in [-0.1, -0.05) is 53.6 Å². The number of rotatable bonds is 3. The van der Waals surface area contributed by atoms with E-state index in [1.807, 2.05) is 48.5 Å². The number of hydrogen-bond acceptors (Lipinski definition) is 3. The van der Waals surface area contributed by atoms with E-state index in [1.54, 1.807) is 6.07 Å². The van der Waals surface area contributed by atoms with Gasteiger partial charge in [0.15, 0.2) is 0 Å². The Hall–Kier alpha value is -2.92. The first kappa shape index (κ1) is 13.7. The van der Waals surface area contributed by atoms with Gasteiger partial charge in [0.25, 0.3) is 0 Å². The summed E-state index contributed by atoms with van der Waals surface area (Å²) in [5, 5.41) is 14.5. The third-order valence-electron chi connectivity index (χ3n) is 4.11. The van der Waals surface area contributed by atoms with Crippen molar-refractivity contribution in [2.45, 2.75) is 0 Å². The van der Waals surface area contributed by atoms with Crippen LogP contribution >= 0.6 is 0 Å². The quantitative estimate of drug-likeness (QED) is 0.466. The van der Waals surface area contributed by atoms with Gasteiger partial charge in [-0.2, -0.15) is 4.91 Å². The molecule has 0 atom stereocenters. The number of fused-ring (bicyclic) bond motifs is 3. The fraction of sp³-hybridized carbons (Fsp3) is 0. The molecular formula is C18H13BN2O2. The number of benzene rings is 3. The molecule has 0 amide bonds. The molecule has 110 valence electrons. The van der Waals surface area contributed by atoms with Crippen molar-refractivity contribution in [1.82, 2.24) is 4.57 Å². The lowest BCUT2D eigenvalue weighted by Gasteiger charge is -2.07. The predicted molar refractivity (Wildman–Crippen MR) is 94.2 cm³/mol. The molecule has 4 rings (SSSR count).